The first-order valence-electron chi connectivity index (χ1n) is 12.0. The van der Waals surface area contributed by atoms with Crippen LogP contribution in [-0.4, -0.2) is 49.1 Å². The van der Waals surface area contributed by atoms with Crippen LogP contribution in [0.2, 0.25) is 0 Å². The lowest BCUT2D eigenvalue weighted by molar-refractivity contribution is -0.127. The Morgan fingerprint density at radius 2 is 1.64 bits per heavy atom. The molecule has 0 radical (unpaired) electrons. The van der Waals surface area contributed by atoms with E-state index in [0.29, 0.717) is 4.91 Å². The van der Waals surface area contributed by atoms with Crippen molar-refractivity contribution in [2.45, 2.75) is 44.4 Å². The first kappa shape index (κ1) is 27.9. The fourth-order valence-corrected chi connectivity index (χ4v) is 5.87. The average molecular weight is 546 g/mol. The van der Waals surface area contributed by atoms with Crippen LogP contribution >= 0.6 is 24.0 Å². The minimum atomic E-state index is -4.03. The third kappa shape index (κ3) is 7.41. The van der Waals surface area contributed by atoms with Gasteiger partial charge in [0.25, 0.3) is 21.8 Å². The van der Waals surface area contributed by atoms with Gasteiger partial charge in [-0.15, -0.1) is 0 Å². The van der Waals surface area contributed by atoms with Gasteiger partial charge in [-0.1, -0.05) is 81.0 Å². The lowest BCUT2D eigenvalue weighted by atomic mass is 10.1. The van der Waals surface area contributed by atoms with E-state index in [1.165, 1.54) is 12.1 Å². The molecule has 10 heteroatoms. The molecule has 0 aliphatic carbocycles. The van der Waals surface area contributed by atoms with Crippen molar-refractivity contribution >= 4 is 61.9 Å². The Kier molecular flexibility index (Phi) is 10.1. The second kappa shape index (κ2) is 13.0. The van der Waals surface area contributed by atoms with Crippen LogP contribution in [0.4, 0.5) is 5.69 Å². The molecule has 2 amide bonds. The number of carbonyl (C=O) groups excluding carboxylic acids is 2. The summed E-state index contributed by atoms with van der Waals surface area (Å²) in [4.78, 5) is 29.2. The van der Waals surface area contributed by atoms with E-state index >= 15 is 0 Å². The van der Waals surface area contributed by atoms with Crippen LogP contribution < -0.4 is 9.62 Å². The molecule has 1 aliphatic heterocycles. The van der Waals surface area contributed by atoms with Crippen molar-refractivity contribution < 1.29 is 18.0 Å². The Morgan fingerprint density at radius 3 is 2.22 bits per heavy atom. The van der Waals surface area contributed by atoms with Crippen molar-refractivity contribution in [3.63, 3.8) is 0 Å². The normalized spacial score (nSPS) is 14.9. The van der Waals surface area contributed by atoms with E-state index in [1.807, 2.05) is 16.9 Å². The van der Waals surface area contributed by atoms with Gasteiger partial charge in [-0.25, -0.2) is 13.1 Å². The molecule has 2 aromatic rings. The largest absolute Gasteiger partial charge is 0.372 e. The van der Waals surface area contributed by atoms with E-state index in [2.05, 4.69) is 30.9 Å². The number of hydrogen-bond acceptors (Lipinski definition) is 7. The Morgan fingerprint density at radius 1 is 1.03 bits per heavy atom. The quantitative estimate of drug-likeness (QED) is 0.303. The molecule has 1 N–H and O–H groups in total. The second-order valence-electron chi connectivity index (χ2n) is 8.40. The number of anilines is 1. The van der Waals surface area contributed by atoms with E-state index in [-0.39, 0.29) is 9.22 Å². The number of benzene rings is 2. The molecule has 0 unspecified atom stereocenters. The Bertz CT molecular complexity index is 1200. The highest BCUT2D eigenvalue weighted by molar-refractivity contribution is 8.26. The summed E-state index contributed by atoms with van der Waals surface area (Å²) in [6.45, 7) is 5.91. The second-order valence-corrected chi connectivity index (χ2v) is 11.8. The lowest BCUT2D eigenvalue weighted by Gasteiger charge is -2.24. The molecule has 1 fully saturated rings. The molecule has 0 atom stereocenters. The number of carbonyl (C=O) groups is 2. The minimum Gasteiger partial charge on any atom is -0.372 e. The smallest absolute Gasteiger partial charge is 0.266 e. The number of nitrogens with one attached hydrogen (secondary N) is 1. The molecule has 1 saturated heterocycles. The molecule has 0 aromatic heterocycles. The standard InChI is InChI=1S/C26H31N3O4S3/c1-3-5-16-28(17-6-4-2)21-14-12-20(13-15-21)18-23-25(31)29(26(34)35-23)19-24(30)27-36(32,33)22-10-8-7-9-11-22/h7-15,18H,3-6,16-17,19H2,1-2H3,(H,27,30). The lowest BCUT2D eigenvalue weighted by Crippen LogP contribution is -2.41. The molecular formula is C26H31N3O4S3. The van der Waals surface area contributed by atoms with Gasteiger partial charge in [0.1, 0.15) is 10.9 Å². The molecule has 0 spiro atoms. The third-order valence-electron chi connectivity index (χ3n) is 5.60. The summed E-state index contributed by atoms with van der Waals surface area (Å²) in [5.74, 6) is -1.26. The molecule has 36 heavy (non-hydrogen) atoms. The van der Waals surface area contributed by atoms with Gasteiger partial charge < -0.3 is 4.90 Å². The van der Waals surface area contributed by atoms with Gasteiger partial charge in [-0.2, -0.15) is 0 Å². The Balaban J connectivity index is 1.66. The third-order valence-corrected chi connectivity index (χ3v) is 8.36. The molecule has 192 valence electrons. The number of unbranched alkanes of at least 4 members (excludes halogenated alkanes) is 2. The number of thiocarbonyl (C=S) groups is 1. The average Bonchev–Trinajstić information content (AvgIpc) is 3.12. The predicted molar refractivity (Wildman–Crippen MR) is 150 cm³/mol. The molecule has 2 aromatic carbocycles. The summed E-state index contributed by atoms with van der Waals surface area (Å²) in [6, 6.07) is 15.6. The molecule has 3 rings (SSSR count). The maximum atomic E-state index is 12.9. The molecular weight excluding hydrogens is 515 g/mol. The minimum absolute atomic E-state index is 0.0324. The topological polar surface area (TPSA) is 86.8 Å². The zero-order valence-corrected chi connectivity index (χ0v) is 22.9. The molecule has 7 nitrogen and oxygen atoms in total. The van der Waals surface area contributed by atoms with E-state index in [1.54, 1.807) is 24.3 Å². The van der Waals surface area contributed by atoms with Crippen LogP contribution in [0, 0.1) is 0 Å². The highest BCUT2D eigenvalue weighted by atomic mass is 32.2. The van der Waals surface area contributed by atoms with Crippen LogP contribution in [0.15, 0.2) is 64.4 Å². The van der Waals surface area contributed by atoms with E-state index in [4.69, 9.17) is 12.2 Å². The number of thioether (sulfide) groups is 1. The van der Waals surface area contributed by atoms with Crippen molar-refractivity contribution in [2.75, 3.05) is 24.5 Å². The fourth-order valence-electron chi connectivity index (χ4n) is 3.62. The van der Waals surface area contributed by atoms with E-state index in [9.17, 15) is 18.0 Å². The zero-order valence-electron chi connectivity index (χ0n) is 20.5. The summed E-state index contributed by atoms with van der Waals surface area (Å²) >= 11 is 6.39. The number of rotatable bonds is 12. The highest BCUT2D eigenvalue weighted by Crippen LogP contribution is 2.32. The van der Waals surface area contributed by atoms with Crippen LogP contribution in [0.25, 0.3) is 6.08 Å². The van der Waals surface area contributed by atoms with Gasteiger partial charge in [-0.05, 0) is 48.7 Å². The first-order valence-corrected chi connectivity index (χ1v) is 14.7. The van der Waals surface area contributed by atoms with Crippen molar-refractivity contribution in [3.05, 3.63) is 65.1 Å². The van der Waals surface area contributed by atoms with Crippen LogP contribution in [-0.2, 0) is 19.6 Å². The van der Waals surface area contributed by atoms with Crippen molar-refractivity contribution in [3.8, 4) is 0 Å². The van der Waals surface area contributed by atoms with Gasteiger partial charge in [0.15, 0.2) is 0 Å². The summed E-state index contributed by atoms with van der Waals surface area (Å²) in [7, 11) is -4.03. The van der Waals surface area contributed by atoms with Gasteiger partial charge in [-0.3, -0.25) is 14.5 Å². The molecule has 1 heterocycles. The van der Waals surface area contributed by atoms with Gasteiger partial charge in [0.2, 0.25) is 0 Å². The van der Waals surface area contributed by atoms with Gasteiger partial charge >= 0.3 is 0 Å². The van der Waals surface area contributed by atoms with Crippen LogP contribution in [0.5, 0.6) is 0 Å². The summed E-state index contributed by atoms with van der Waals surface area (Å²) in [6.07, 6.45) is 6.28. The van der Waals surface area contributed by atoms with Crippen LogP contribution in [0.3, 0.4) is 0 Å². The maximum Gasteiger partial charge on any atom is 0.266 e. The summed E-state index contributed by atoms with van der Waals surface area (Å²) in [5, 5.41) is 0. The Labute approximate surface area is 223 Å². The Hall–Kier alpha value is -2.69. The number of sulfonamides is 1. The highest BCUT2D eigenvalue weighted by Gasteiger charge is 2.34. The van der Waals surface area contributed by atoms with E-state index in [0.717, 1.165) is 66.7 Å². The monoisotopic (exact) mass is 545 g/mol. The zero-order chi connectivity index (χ0) is 26.1. The molecule has 0 bridgehead atoms. The number of nitrogens with zero attached hydrogens (tertiary/aromatic N) is 2. The summed E-state index contributed by atoms with van der Waals surface area (Å²) in [5.41, 5.74) is 2.00. The van der Waals surface area contributed by atoms with Crippen molar-refractivity contribution in [2.24, 2.45) is 0 Å². The maximum absolute atomic E-state index is 12.9. The predicted octanol–water partition coefficient (Wildman–Crippen LogP) is 4.80. The molecule has 1 aliphatic rings. The first-order chi connectivity index (χ1) is 17.2. The van der Waals surface area contributed by atoms with Crippen LogP contribution in [0.1, 0.15) is 45.1 Å². The number of hydrogen-bond donors (Lipinski definition) is 1. The van der Waals surface area contributed by atoms with Gasteiger partial charge in [0, 0.05) is 18.8 Å². The van der Waals surface area contributed by atoms with Crippen molar-refractivity contribution in [1.82, 2.24) is 9.62 Å². The van der Waals surface area contributed by atoms with Gasteiger partial charge in [0.05, 0.1) is 9.80 Å². The van der Waals surface area contributed by atoms with E-state index < -0.39 is 28.4 Å². The number of amides is 2. The SMILES string of the molecule is CCCCN(CCCC)c1ccc(C=C2SC(=S)N(CC(=O)NS(=O)(=O)c3ccccc3)C2=O)cc1. The fraction of sp³-hybridized carbons (Fsp3) is 0.346. The summed E-state index contributed by atoms with van der Waals surface area (Å²) < 4.78 is 27.0. The van der Waals surface area contributed by atoms with Crippen molar-refractivity contribution in [1.29, 1.82) is 0 Å². The molecule has 0 saturated carbocycles.